The molecule has 1 aromatic rings. The van der Waals surface area contributed by atoms with Gasteiger partial charge in [0.25, 0.3) is 0 Å². The fourth-order valence-electron chi connectivity index (χ4n) is 1.17. The molecule has 78 valence electrons. The number of pyridine rings is 1. The van der Waals surface area contributed by atoms with Gasteiger partial charge in [-0.1, -0.05) is 13.0 Å². The molecular weight excluding hydrogens is 176 g/mol. The molecule has 1 atom stereocenters. The molecule has 0 saturated carbocycles. The van der Waals surface area contributed by atoms with E-state index < -0.39 is 0 Å². The minimum Gasteiger partial charge on any atom is -0.481 e. The molecule has 1 N–H and O–H groups in total. The summed E-state index contributed by atoms with van der Waals surface area (Å²) in [6, 6.07) is 4.48. The molecule has 0 spiro atoms. The van der Waals surface area contributed by atoms with Crippen molar-refractivity contribution >= 4 is 0 Å². The maximum atomic E-state index is 5.16. The van der Waals surface area contributed by atoms with Crippen LogP contribution in [0.1, 0.15) is 25.8 Å². The number of hydrogen-bond acceptors (Lipinski definition) is 3. The Morgan fingerprint density at radius 3 is 3.00 bits per heavy atom. The molecule has 0 unspecified atom stereocenters. The van der Waals surface area contributed by atoms with Gasteiger partial charge in [-0.3, -0.25) is 0 Å². The number of aromatic nitrogens is 1. The predicted molar refractivity (Wildman–Crippen MR) is 57.4 cm³/mol. The normalized spacial score (nSPS) is 12.5. The van der Waals surface area contributed by atoms with Gasteiger partial charge in [0.05, 0.1) is 7.11 Å². The number of ether oxygens (including phenoxy) is 1. The van der Waals surface area contributed by atoms with E-state index in [9.17, 15) is 0 Å². The van der Waals surface area contributed by atoms with Crippen molar-refractivity contribution < 1.29 is 4.74 Å². The van der Waals surface area contributed by atoms with E-state index in [2.05, 4.69) is 24.1 Å². The molecule has 0 aliphatic carbocycles. The van der Waals surface area contributed by atoms with Crippen molar-refractivity contribution in [3.63, 3.8) is 0 Å². The predicted octanol–water partition coefficient (Wildman–Crippen LogP) is 1.98. The Bertz CT molecular complexity index is 276. The smallest absolute Gasteiger partial charge is 0.217 e. The van der Waals surface area contributed by atoms with Crippen LogP contribution in [0.25, 0.3) is 0 Å². The van der Waals surface area contributed by atoms with Gasteiger partial charge in [0.2, 0.25) is 5.88 Å². The van der Waals surface area contributed by atoms with E-state index >= 15 is 0 Å². The van der Waals surface area contributed by atoms with Crippen LogP contribution < -0.4 is 10.1 Å². The first kappa shape index (κ1) is 11.0. The van der Waals surface area contributed by atoms with Crippen molar-refractivity contribution in [3.05, 3.63) is 23.9 Å². The number of nitrogens with one attached hydrogen (secondary N) is 1. The summed E-state index contributed by atoms with van der Waals surface area (Å²) in [6.07, 6.45) is 2.87. The highest BCUT2D eigenvalue weighted by molar-refractivity contribution is 5.24. The second-order valence-electron chi connectivity index (χ2n) is 3.36. The van der Waals surface area contributed by atoms with Crippen LogP contribution in [-0.4, -0.2) is 18.1 Å². The number of hydrogen-bond donors (Lipinski definition) is 1. The number of nitrogens with zero attached hydrogens (tertiary/aromatic N) is 1. The van der Waals surface area contributed by atoms with Crippen molar-refractivity contribution in [2.45, 2.75) is 32.9 Å². The van der Waals surface area contributed by atoms with Gasteiger partial charge in [0.15, 0.2) is 0 Å². The lowest BCUT2D eigenvalue weighted by Crippen LogP contribution is -2.24. The quantitative estimate of drug-likeness (QED) is 0.778. The van der Waals surface area contributed by atoms with Crippen LogP contribution in [0.15, 0.2) is 18.3 Å². The lowest BCUT2D eigenvalue weighted by molar-refractivity contribution is 0.388. The zero-order chi connectivity index (χ0) is 10.4. The molecule has 1 heterocycles. The van der Waals surface area contributed by atoms with Crippen LogP contribution in [0.2, 0.25) is 0 Å². The Kier molecular flexibility index (Phi) is 4.40. The topological polar surface area (TPSA) is 34.2 Å². The van der Waals surface area contributed by atoms with Gasteiger partial charge < -0.3 is 10.1 Å². The Balaban J connectivity index is 2.57. The molecule has 0 aliphatic heterocycles. The third kappa shape index (κ3) is 3.00. The van der Waals surface area contributed by atoms with E-state index in [1.165, 1.54) is 0 Å². The molecule has 0 aromatic carbocycles. The highest BCUT2D eigenvalue weighted by Crippen LogP contribution is 2.13. The molecule has 14 heavy (non-hydrogen) atoms. The van der Waals surface area contributed by atoms with Crippen LogP contribution in [0, 0.1) is 0 Å². The lowest BCUT2D eigenvalue weighted by atomic mass is 10.2. The zero-order valence-corrected chi connectivity index (χ0v) is 9.08. The molecule has 0 saturated heterocycles. The Labute approximate surface area is 85.5 Å². The molecule has 1 rings (SSSR count). The van der Waals surface area contributed by atoms with Crippen molar-refractivity contribution in [1.29, 1.82) is 0 Å². The summed E-state index contributed by atoms with van der Waals surface area (Å²) >= 11 is 0. The van der Waals surface area contributed by atoms with Crippen molar-refractivity contribution in [1.82, 2.24) is 10.3 Å². The van der Waals surface area contributed by atoms with E-state index in [0.717, 1.165) is 18.5 Å². The molecule has 1 aromatic heterocycles. The molecule has 0 bridgehead atoms. The molecule has 0 amide bonds. The zero-order valence-electron chi connectivity index (χ0n) is 9.08. The van der Waals surface area contributed by atoms with Crippen LogP contribution in [-0.2, 0) is 6.54 Å². The first-order valence-electron chi connectivity index (χ1n) is 4.99. The third-order valence-electron chi connectivity index (χ3n) is 2.30. The van der Waals surface area contributed by atoms with Gasteiger partial charge in [0, 0.05) is 24.3 Å². The second-order valence-corrected chi connectivity index (χ2v) is 3.36. The summed E-state index contributed by atoms with van der Waals surface area (Å²) < 4.78 is 5.16. The van der Waals surface area contributed by atoms with Crippen molar-refractivity contribution in [2.24, 2.45) is 0 Å². The average Bonchev–Trinajstić information content (AvgIpc) is 2.26. The fraction of sp³-hybridized carbons (Fsp3) is 0.545. The molecular formula is C11H18N2O. The van der Waals surface area contributed by atoms with Crippen LogP contribution >= 0.6 is 0 Å². The van der Waals surface area contributed by atoms with Crippen molar-refractivity contribution in [3.8, 4) is 5.88 Å². The van der Waals surface area contributed by atoms with E-state index in [-0.39, 0.29) is 0 Å². The standard InChI is InChI=1S/C11H18N2O/c1-4-9(2)13-8-10-6-5-7-12-11(10)14-3/h5-7,9,13H,4,8H2,1-3H3/t9-/m0/s1. The van der Waals surface area contributed by atoms with Gasteiger partial charge >= 0.3 is 0 Å². The van der Waals surface area contributed by atoms with Gasteiger partial charge in [-0.15, -0.1) is 0 Å². The van der Waals surface area contributed by atoms with Gasteiger partial charge in [0.1, 0.15) is 0 Å². The molecule has 3 nitrogen and oxygen atoms in total. The second kappa shape index (κ2) is 5.60. The minimum absolute atomic E-state index is 0.528. The van der Waals surface area contributed by atoms with Crippen molar-refractivity contribution in [2.75, 3.05) is 7.11 Å². The summed E-state index contributed by atoms with van der Waals surface area (Å²) in [5, 5.41) is 3.40. The summed E-state index contributed by atoms with van der Waals surface area (Å²) in [5.74, 6) is 0.711. The highest BCUT2D eigenvalue weighted by atomic mass is 16.5. The van der Waals surface area contributed by atoms with E-state index in [0.29, 0.717) is 11.9 Å². The third-order valence-corrected chi connectivity index (χ3v) is 2.30. The van der Waals surface area contributed by atoms with E-state index in [1.54, 1.807) is 13.3 Å². The summed E-state index contributed by atoms with van der Waals surface area (Å²) in [7, 11) is 1.65. The Hall–Kier alpha value is -1.09. The first-order chi connectivity index (χ1) is 6.77. The monoisotopic (exact) mass is 194 g/mol. The van der Waals surface area contributed by atoms with Crippen LogP contribution in [0.5, 0.6) is 5.88 Å². The fourth-order valence-corrected chi connectivity index (χ4v) is 1.17. The average molecular weight is 194 g/mol. The largest absolute Gasteiger partial charge is 0.481 e. The van der Waals surface area contributed by atoms with E-state index in [1.807, 2.05) is 12.1 Å². The molecule has 3 heteroatoms. The Morgan fingerprint density at radius 2 is 2.36 bits per heavy atom. The van der Waals surface area contributed by atoms with Crippen LogP contribution in [0.3, 0.4) is 0 Å². The van der Waals surface area contributed by atoms with Crippen LogP contribution in [0.4, 0.5) is 0 Å². The maximum absolute atomic E-state index is 5.16. The lowest BCUT2D eigenvalue weighted by Gasteiger charge is -2.12. The van der Waals surface area contributed by atoms with Gasteiger partial charge in [-0.2, -0.15) is 0 Å². The SMILES string of the molecule is CC[C@H](C)NCc1cccnc1OC. The van der Waals surface area contributed by atoms with Gasteiger partial charge in [-0.05, 0) is 19.4 Å². The summed E-state index contributed by atoms with van der Waals surface area (Å²) in [5.41, 5.74) is 1.11. The maximum Gasteiger partial charge on any atom is 0.217 e. The molecule has 0 aliphatic rings. The van der Waals surface area contributed by atoms with Gasteiger partial charge in [-0.25, -0.2) is 4.98 Å². The van der Waals surface area contributed by atoms with E-state index in [4.69, 9.17) is 4.74 Å². The highest BCUT2D eigenvalue weighted by Gasteiger charge is 2.04. The minimum atomic E-state index is 0.528. The first-order valence-corrected chi connectivity index (χ1v) is 4.99. The number of methoxy groups -OCH3 is 1. The molecule has 0 fully saturated rings. The molecule has 0 radical (unpaired) electrons. The Morgan fingerprint density at radius 1 is 1.57 bits per heavy atom. The number of rotatable bonds is 5. The summed E-state index contributed by atoms with van der Waals surface area (Å²) in [4.78, 5) is 4.14. The summed E-state index contributed by atoms with van der Waals surface area (Å²) in [6.45, 7) is 5.15.